The van der Waals surface area contributed by atoms with E-state index in [9.17, 15) is 14.0 Å². The number of carbonyl (C=O) groups excluding carboxylic acids is 2. The van der Waals surface area contributed by atoms with Gasteiger partial charge in [0, 0.05) is 56.4 Å². The van der Waals surface area contributed by atoms with E-state index in [1.807, 2.05) is 29.7 Å². The maximum Gasteiger partial charge on any atom is 0.229 e. The number of fused-ring (bicyclic) bond motifs is 1. The number of carbonyl (C=O) groups is 2. The number of piperazine rings is 1. The van der Waals surface area contributed by atoms with Crippen molar-refractivity contribution in [3.63, 3.8) is 0 Å². The number of alkyl halides is 1. The van der Waals surface area contributed by atoms with Crippen molar-refractivity contribution in [3.8, 4) is 0 Å². The van der Waals surface area contributed by atoms with Crippen molar-refractivity contribution in [2.75, 3.05) is 45.1 Å². The number of hydrogen-bond donors (Lipinski definition) is 0. The van der Waals surface area contributed by atoms with Crippen molar-refractivity contribution in [2.45, 2.75) is 32.7 Å². The Kier molecular flexibility index (Phi) is 7.41. The minimum Gasteiger partial charge on any atom is -0.339 e. The normalized spacial score (nSPS) is 19.5. The second kappa shape index (κ2) is 10.1. The molecule has 0 radical (unpaired) electrons. The van der Waals surface area contributed by atoms with E-state index in [0.29, 0.717) is 39.1 Å². The predicted octanol–water partition coefficient (Wildman–Crippen LogP) is 4.16. The molecule has 2 amide bonds. The van der Waals surface area contributed by atoms with Crippen LogP contribution in [0.1, 0.15) is 42.3 Å². The Hall–Kier alpha value is -1.96. The van der Waals surface area contributed by atoms with E-state index in [-0.39, 0.29) is 29.6 Å². The Morgan fingerprint density at radius 3 is 2.55 bits per heavy atom. The first-order chi connectivity index (χ1) is 15.8. The van der Waals surface area contributed by atoms with E-state index < -0.39 is 5.41 Å². The molecule has 1 aromatic heterocycles. The van der Waals surface area contributed by atoms with Crippen LogP contribution in [0, 0.1) is 11.2 Å². The molecular weight excluding hydrogens is 461 g/mol. The number of benzene rings is 1. The second-order valence-electron chi connectivity index (χ2n) is 9.48. The van der Waals surface area contributed by atoms with Crippen LogP contribution in [0.5, 0.6) is 0 Å². The van der Waals surface area contributed by atoms with Gasteiger partial charge in [-0.3, -0.25) is 14.5 Å². The molecule has 2 aliphatic heterocycles. The molecule has 0 saturated carbocycles. The van der Waals surface area contributed by atoms with E-state index in [4.69, 9.17) is 11.6 Å². The van der Waals surface area contributed by atoms with Crippen LogP contribution >= 0.6 is 22.9 Å². The lowest BCUT2D eigenvalue weighted by atomic mass is 9.93. The molecule has 33 heavy (non-hydrogen) atoms. The lowest BCUT2D eigenvalue weighted by molar-refractivity contribution is -0.144. The third-order valence-electron chi connectivity index (χ3n) is 6.68. The molecule has 0 unspecified atom stereocenters. The second-order valence-corrected chi connectivity index (χ2v) is 10.8. The van der Waals surface area contributed by atoms with Crippen molar-refractivity contribution in [1.29, 1.82) is 0 Å². The molecule has 1 atom stereocenters. The van der Waals surface area contributed by atoms with Gasteiger partial charge >= 0.3 is 0 Å². The lowest BCUT2D eigenvalue weighted by Crippen LogP contribution is -2.54. The molecule has 8 heteroatoms. The smallest absolute Gasteiger partial charge is 0.229 e. The van der Waals surface area contributed by atoms with E-state index in [1.54, 1.807) is 23.5 Å². The molecule has 3 heterocycles. The summed E-state index contributed by atoms with van der Waals surface area (Å²) in [7, 11) is 0. The van der Waals surface area contributed by atoms with Crippen LogP contribution < -0.4 is 0 Å². The van der Waals surface area contributed by atoms with Crippen LogP contribution in [0.3, 0.4) is 0 Å². The Balaban J connectivity index is 1.37. The summed E-state index contributed by atoms with van der Waals surface area (Å²) in [6, 6.07) is 8.88. The number of rotatable bonds is 6. The van der Waals surface area contributed by atoms with Gasteiger partial charge in [-0.05, 0) is 55.0 Å². The van der Waals surface area contributed by atoms with E-state index in [1.165, 1.54) is 16.5 Å². The summed E-state index contributed by atoms with van der Waals surface area (Å²) in [6.07, 6.45) is 1.36. The third kappa shape index (κ3) is 5.26. The average molecular weight is 492 g/mol. The highest BCUT2D eigenvalue weighted by molar-refractivity contribution is 7.10. The first kappa shape index (κ1) is 24.2. The van der Waals surface area contributed by atoms with E-state index in [2.05, 4.69) is 16.3 Å². The molecule has 178 valence electrons. The maximum atomic E-state index is 14.0. The Labute approximate surface area is 204 Å². The fourth-order valence-corrected chi connectivity index (χ4v) is 5.74. The summed E-state index contributed by atoms with van der Waals surface area (Å²) in [5, 5.41) is 2.10. The molecule has 0 spiro atoms. The molecule has 2 aromatic rings. The van der Waals surface area contributed by atoms with Crippen LogP contribution in [0.15, 0.2) is 35.7 Å². The number of halogens is 2. The van der Waals surface area contributed by atoms with Crippen LogP contribution in [-0.2, 0) is 16.0 Å². The molecule has 1 saturated heterocycles. The van der Waals surface area contributed by atoms with Gasteiger partial charge in [-0.1, -0.05) is 12.1 Å². The minimum atomic E-state index is -0.589. The van der Waals surface area contributed by atoms with Gasteiger partial charge in [-0.2, -0.15) is 0 Å². The van der Waals surface area contributed by atoms with Crippen LogP contribution in [0.2, 0.25) is 0 Å². The SMILES string of the molecule is CC(C)(CCl)C(=O)N1CCN(C(=O)CCN2CCc3sccc3[C@@H]2c2cccc(F)c2)CC1. The molecule has 1 aromatic carbocycles. The Morgan fingerprint density at radius 2 is 1.85 bits per heavy atom. The minimum absolute atomic E-state index is 0.0317. The molecule has 2 aliphatic rings. The van der Waals surface area contributed by atoms with Crippen molar-refractivity contribution in [2.24, 2.45) is 5.41 Å². The number of amides is 2. The molecular formula is C25H31ClFN3O2S. The fraction of sp³-hybridized carbons (Fsp3) is 0.520. The zero-order chi connectivity index (χ0) is 23.6. The van der Waals surface area contributed by atoms with Gasteiger partial charge in [0.25, 0.3) is 0 Å². The summed E-state index contributed by atoms with van der Waals surface area (Å²) >= 11 is 7.70. The maximum absolute atomic E-state index is 14.0. The number of hydrogen-bond acceptors (Lipinski definition) is 4. The monoisotopic (exact) mass is 491 g/mol. The predicted molar refractivity (Wildman–Crippen MR) is 130 cm³/mol. The highest BCUT2D eigenvalue weighted by Gasteiger charge is 2.34. The van der Waals surface area contributed by atoms with Gasteiger partial charge in [0.2, 0.25) is 11.8 Å². The highest BCUT2D eigenvalue weighted by atomic mass is 35.5. The zero-order valence-electron chi connectivity index (χ0n) is 19.2. The van der Waals surface area contributed by atoms with Crippen molar-refractivity contribution in [3.05, 3.63) is 57.5 Å². The van der Waals surface area contributed by atoms with Crippen LogP contribution in [0.25, 0.3) is 0 Å². The summed E-state index contributed by atoms with van der Waals surface area (Å²) in [4.78, 5) is 32.9. The Bertz CT molecular complexity index is 1000. The van der Waals surface area contributed by atoms with Gasteiger partial charge < -0.3 is 9.80 Å². The molecule has 0 N–H and O–H groups in total. The van der Waals surface area contributed by atoms with Crippen molar-refractivity contribution < 1.29 is 14.0 Å². The standard InChI is InChI=1S/C25H31ClFN3O2S/c1-25(2,17-26)24(32)30-13-11-28(12-14-30)22(31)7-10-29-9-6-21-20(8-15-33-21)23(29)18-4-3-5-19(27)16-18/h3-5,8,15-16,23H,6-7,9-14,17H2,1-2H3/t23-/m0/s1. The first-order valence-electron chi connectivity index (χ1n) is 11.5. The first-order valence-corrected chi connectivity index (χ1v) is 12.9. The van der Waals surface area contributed by atoms with Crippen molar-refractivity contribution >= 4 is 34.8 Å². The zero-order valence-corrected chi connectivity index (χ0v) is 20.8. The summed E-state index contributed by atoms with van der Waals surface area (Å²) < 4.78 is 14.0. The van der Waals surface area contributed by atoms with Crippen LogP contribution in [-0.4, -0.2) is 71.7 Å². The van der Waals surface area contributed by atoms with Crippen LogP contribution in [0.4, 0.5) is 4.39 Å². The molecule has 5 nitrogen and oxygen atoms in total. The topological polar surface area (TPSA) is 43.9 Å². The van der Waals surface area contributed by atoms with Crippen molar-refractivity contribution in [1.82, 2.24) is 14.7 Å². The molecule has 1 fully saturated rings. The van der Waals surface area contributed by atoms with E-state index in [0.717, 1.165) is 18.5 Å². The summed E-state index contributed by atoms with van der Waals surface area (Å²) in [6.45, 7) is 7.34. The van der Waals surface area contributed by atoms with Gasteiger partial charge in [0.15, 0.2) is 0 Å². The van der Waals surface area contributed by atoms with Gasteiger partial charge in [-0.25, -0.2) is 4.39 Å². The largest absolute Gasteiger partial charge is 0.339 e. The van der Waals surface area contributed by atoms with Gasteiger partial charge in [-0.15, -0.1) is 22.9 Å². The highest BCUT2D eigenvalue weighted by Crippen LogP contribution is 2.38. The average Bonchev–Trinajstić information content (AvgIpc) is 3.30. The fourth-order valence-electron chi connectivity index (χ4n) is 4.72. The molecule has 0 aliphatic carbocycles. The number of thiophene rings is 1. The summed E-state index contributed by atoms with van der Waals surface area (Å²) in [5.74, 6) is 0.185. The molecule has 4 rings (SSSR count). The quantitative estimate of drug-likeness (QED) is 0.570. The third-order valence-corrected chi connectivity index (χ3v) is 8.34. The Morgan fingerprint density at radius 1 is 1.12 bits per heavy atom. The number of nitrogens with zero attached hydrogens (tertiary/aromatic N) is 3. The lowest BCUT2D eigenvalue weighted by Gasteiger charge is -2.39. The summed E-state index contributed by atoms with van der Waals surface area (Å²) in [5.41, 5.74) is 1.56. The molecule has 0 bridgehead atoms. The van der Waals surface area contributed by atoms with Gasteiger partial charge in [0.05, 0.1) is 11.5 Å². The van der Waals surface area contributed by atoms with Gasteiger partial charge in [0.1, 0.15) is 5.82 Å². The van der Waals surface area contributed by atoms with E-state index >= 15 is 0 Å².